The molecule has 1 unspecified atom stereocenters. The van der Waals surface area contributed by atoms with Crippen molar-refractivity contribution in [2.75, 3.05) is 19.0 Å². The van der Waals surface area contributed by atoms with E-state index in [1.165, 1.54) is 5.56 Å². The minimum Gasteiger partial charge on any atom is -0.384 e. The first-order valence-corrected chi connectivity index (χ1v) is 7.22. The smallest absolute Gasteiger partial charge is 0.258 e. The molecule has 1 aromatic heterocycles. The molecule has 1 aliphatic heterocycles. The zero-order chi connectivity index (χ0) is 15.0. The fourth-order valence-corrected chi connectivity index (χ4v) is 2.73. The highest BCUT2D eigenvalue weighted by molar-refractivity contribution is 5.66. The van der Waals surface area contributed by atoms with Crippen LogP contribution in [0.25, 0.3) is 11.5 Å². The number of hydrogen-bond acceptors (Lipinski definition) is 5. The molecular formula is C16H21N3O2. The van der Waals surface area contributed by atoms with Crippen molar-refractivity contribution in [2.24, 2.45) is 5.41 Å². The van der Waals surface area contributed by atoms with E-state index < -0.39 is 0 Å². The van der Waals surface area contributed by atoms with Gasteiger partial charge in [-0.25, -0.2) is 0 Å². The van der Waals surface area contributed by atoms with E-state index in [4.69, 9.17) is 9.26 Å². The summed E-state index contributed by atoms with van der Waals surface area (Å²) in [4.78, 5) is 4.51. The van der Waals surface area contributed by atoms with Crippen LogP contribution in [0.2, 0.25) is 0 Å². The van der Waals surface area contributed by atoms with Crippen LogP contribution in [0, 0.1) is 5.41 Å². The maximum atomic E-state index is 5.53. The van der Waals surface area contributed by atoms with Gasteiger partial charge in [-0.05, 0) is 29.5 Å². The van der Waals surface area contributed by atoms with E-state index in [9.17, 15) is 0 Å². The number of nitrogens with one attached hydrogen (secondary N) is 1. The summed E-state index contributed by atoms with van der Waals surface area (Å²) in [7, 11) is 1.67. The van der Waals surface area contributed by atoms with E-state index in [1.54, 1.807) is 7.11 Å². The standard InChI is InChI=1S/C16H21N3O2/c1-16(2,3)13(20-4)14-18-15(21-19-14)11-6-5-10-7-8-17-12(10)9-11/h5-6,9,13,17H,7-8H2,1-4H3. The molecule has 0 radical (unpaired) electrons. The van der Waals surface area contributed by atoms with Gasteiger partial charge in [-0.1, -0.05) is 32.0 Å². The fourth-order valence-electron chi connectivity index (χ4n) is 2.73. The van der Waals surface area contributed by atoms with Gasteiger partial charge in [0.15, 0.2) is 0 Å². The minimum atomic E-state index is -0.192. The first kappa shape index (κ1) is 14.1. The lowest BCUT2D eigenvalue weighted by Crippen LogP contribution is -2.21. The Morgan fingerprint density at radius 1 is 1.33 bits per heavy atom. The molecule has 1 aliphatic rings. The van der Waals surface area contributed by atoms with Gasteiger partial charge in [0.05, 0.1) is 0 Å². The van der Waals surface area contributed by atoms with Gasteiger partial charge in [-0.3, -0.25) is 0 Å². The van der Waals surface area contributed by atoms with Gasteiger partial charge in [0.2, 0.25) is 5.82 Å². The number of ether oxygens (including phenoxy) is 1. The predicted octanol–water partition coefficient (Wildman–Crippen LogP) is 3.44. The van der Waals surface area contributed by atoms with Crippen molar-refractivity contribution in [1.82, 2.24) is 10.1 Å². The lowest BCUT2D eigenvalue weighted by atomic mass is 9.88. The van der Waals surface area contributed by atoms with Crippen molar-refractivity contribution < 1.29 is 9.26 Å². The van der Waals surface area contributed by atoms with Gasteiger partial charge in [-0.2, -0.15) is 4.98 Å². The molecule has 0 saturated carbocycles. The molecular weight excluding hydrogens is 266 g/mol. The highest BCUT2D eigenvalue weighted by Gasteiger charge is 2.30. The molecule has 0 fully saturated rings. The van der Waals surface area contributed by atoms with Crippen LogP contribution in [0.15, 0.2) is 22.7 Å². The number of nitrogens with zero attached hydrogens (tertiary/aromatic N) is 2. The molecule has 1 atom stereocenters. The first-order valence-electron chi connectivity index (χ1n) is 7.22. The number of benzene rings is 1. The average Bonchev–Trinajstić information content (AvgIpc) is 3.05. The quantitative estimate of drug-likeness (QED) is 0.937. The number of rotatable bonds is 3. The molecule has 2 heterocycles. The van der Waals surface area contributed by atoms with Crippen molar-refractivity contribution in [3.63, 3.8) is 0 Å². The summed E-state index contributed by atoms with van der Waals surface area (Å²) in [6.45, 7) is 7.27. The lowest BCUT2D eigenvalue weighted by Gasteiger charge is -2.26. The predicted molar refractivity (Wildman–Crippen MR) is 81.1 cm³/mol. The monoisotopic (exact) mass is 287 g/mol. The molecule has 0 saturated heterocycles. The lowest BCUT2D eigenvalue weighted by molar-refractivity contribution is 0.00718. The van der Waals surface area contributed by atoms with Crippen molar-refractivity contribution >= 4 is 5.69 Å². The van der Waals surface area contributed by atoms with E-state index in [0.29, 0.717) is 11.7 Å². The molecule has 1 N–H and O–H groups in total. The van der Waals surface area contributed by atoms with Crippen LogP contribution in [0.1, 0.15) is 38.3 Å². The Morgan fingerprint density at radius 3 is 2.86 bits per heavy atom. The van der Waals surface area contributed by atoms with E-state index in [2.05, 4.69) is 48.4 Å². The second-order valence-electron chi connectivity index (χ2n) is 6.49. The molecule has 5 nitrogen and oxygen atoms in total. The molecule has 0 bridgehead atoms. The van der Waals surface area contributed by atoms with E-state index in [0.717, 1.165) is 24.2 Å². The van der Waals surface area contributed by atoms with E-state index >= 15 is 0 Å². The molecule has 2 aromatic rings. The molecule has 1 aromatic carbocycles. The zero-order valence-electron chi connectivity index (χ0n) is 12.9. The summed E-state index contributed by atoms with van der Waals surface area (Å²) in [6, 6.07) is 6.21. The summed E-state index contributed by atoms with van der Waals surface area (Å²) in [5.74, 6) is 1.13. The Balaban J connectivity index is 1.91. The van der Waals surface area contributed by atoms with E-state index in [-0.39, 0.29) is 11.5 Å². The third-order valence-electron chi connectivity index (χ3n) is 3.77. The summed E-state index contributed by atoms with van der Waals surface area (Å²) in [5.41, 5.74) is 3.34. The highest BCUT2D eigenvalue weighted by atomic mass is 16.5. The molecule has 112 valence electrons. The van der Waals surface area contributed by atoms with Gasteiger partial charge in [0.1, 0.15) is 6.10 Å². The third kappa shape index (κ3) is 2.65. The van der Waals surface area contributed by atoms with Crippen molar-refractivity contribution in [1.29, 1.82) is 0 Å². The summed E-state index contributed by atoms with van der Waals surface area (Å²) >= 11 is 0. The Labute approximate surface area is 124 Å². The van der Waals surface area contributed by atoms with Crippen molar-refractivity contribution in [2.45, 2.75) is 33.3 Å². The first-order chi connectivity index (χ1) is 9.99. The van der Waals surface area contributed by atoms with Crippen LogP contribution in [0.5, 0.6) is 0 Å². The summed E-state index contributed by atoms with van der Waals surface area (Å²) in [5, 5.41) is 7.45. The second kappa shape index (κ2) is 5.15. The van der Waals surface area contributed by atoms with E-state index in [1.807, 2.05) is 6.07 Å². The molecule has 5 heteroatoms. The Kier molecular flexibility index (Phi) is 3.45. The molecule has 0 spiro atoms. The maximum absolute atomic E-state index is 5.53. The van der Waals surface area contributed by atoms with Gasteiger partial charge >= 0.3 is 0 Å². The van der Waals surface area contributed by atoms with Crippen molar-refractivity contribution in [3.8, 4) is 11.5 Å². The number of aromatic nitrogens is 2. The zero-order valence-corrected chi connectivity index (χ0v) is 12.9. The number of anilines is 1. The Morgan fingerprint density at radius 2 is 2.14 bits per heavy atom. The molecule has 21 heavy (non-hydrogen) atoms. The van der Waals surface area contributed by atoms with Crippen LogP contribution < -0.4 is 5.32 Å². The van der Waals surface area contributed by atoms with Crippen LogP contribution in [0.4, 0.5) is 5.69 Å². The Hall–Kier alpha value is -1.88. The third-order valence-corrected chi connectivity index (χ3v) is 3.77. The number of fused-ring (bicyclic) bond motifs is 1. The largest absolute Gasteiger partial charge is 0.384 e. The highest BCUT2D eigenvalue weighted by Crippen LogP contribution is 2.35. The van der Waals surface area contributed by atoms with Gasteiger partial charge in [0, 0.05) is 24.9 Å². The number of hydrogen-bond donors (Lipinski definition) is 1. The Bertz CT molecular complexity index is 643. The van der Waals surface area contributed by atoms with Crippen LogP contribution in [-0.2, 0) is 11.2 Å². The normalized spacial score (nSPS) is 15.6. The molecule has 0 aliphatic carbocycles. The number of methoxy groups -OCH3 is 1. The molecule has 3 rings (SSSR count). The topological polar surface area (TPSA) is 60.2 Å². The summed E-state index contributed by atoms with van der Waals surface area (Å²) < 4.78 is 10.9. The minimum absolute atomic E-state index is 0.0879. The van der Waals surface area contributed by atoms with Gasteiger partial charge < -0.3 is 14.6 Å². The van der Waals surface area contributed by atoms with Crippen LogP contribution >= 0.6 is 0 Å². The van der Waals surface area contributed by atoms with Crippen molar-refractivity contribution in [3.05, 3.63) is 29.6 Å². The van der Waals surface area contributed by atoms with Crippen LogP contribution in [0.3, 0.4) is 0 Å². The van der Waals surface area contributed by atoms with Crippen LogP contribution in [-0.4, -0.2) is 23.8 Å². The van der Waals surface area contributed by atoms with Gasteiger partial charge in [0.25, 0.3) is 5.89 Å². The second-order valence-corrected chi connectivity index (χ2v) is 6.49. The summed E-state index contributed by atoms with van der Waals surface area (Å²) in [6.07, 6.45) is 0.878. The maximum Gasteiger partial charge on any atom is 0.258 e. The SMILES string of the molecule is COC(c1noc(-c2ccc3c(c2)NCC3)n1)C(C)(C)C. The molecule has 0 amide bonds. The van der Waals surface area contributed by atoms with Gasteiger partial charge in [-0.15, -0.1) is 0 Å². The fraction of sp³-hybridized carbons (Fsp3) is 0.500. The average molecular weight is 287 g/mol.